The van der Waals surface area contributed by atoms with Crippen LogP contribution in [0.25, 0.3) is 0 Å². The van der Waals surface area contributed by atoms with E-state index >= 15 is 0 Å². The fourth-order valence-electron chi connectivity index (χ4n) is 3.47. The highest BCUT2D eigenvalue weighted by Gasteiger charge is 2.29. The molecule has 0 aromatic heterocycles. The van der Waals surface area contributed by atoms with E-state index in [1.807, 2.05) is 12.1 Å². The number of hydrogen-bond acceptors (Lipinski definition) is 3. The highest BCUT2D eigenvalue weighted by Crippen LogP contribution is 2.23. The van der Waals surface area contributed by atoms with Crippen LogP contribution in [0.1, 0.15) is 75.1 Å². The average molecular weight is 394 g/mol. The van der Waals surface area contributed by atoms with Crippen molar-refractivity contribution in [2.45, 2.75) is 64.7 Å². The van der Waals surface area contributed by atoms with Gasteiger partial charge < -0.3 is 9.64 Å². The topological polar surface area (TPSA) is 46.6 Å². The fourth-order valence-corrected chi connectivity index (χ4v) is 3.69. The lowest BCUT2D eigenvalue weighted by Crippen LogP contribution is -2.40. The monoisotopic (exact) mass is 393 g/mol. The molecule has 0 aliphatic carbocycles. The second kappa shape index (κ2) is 12.0. The van der Waals surface area contributed by atoms with Crippen LogP contribution in [-0.4, -0.2) is 36.5 Å². The SMILES string of the molecule is CCCCCCCCCOC(=O)C1CCN(C(=O)c2ccccc2Cl)CC1. The molecule has 0 saturated carbocycles. The summed E-state index contributed by atoms with van der Waals surface area (Å²) in [7, 11) is 0. The van der Waals surface area contributed by atoms with Crippen LogP contribution in [0.2, 0.25) is 5.02 Å². The average Bonchev–Trinajstić information content (AvgIpc) is 2.70. The van der Waals surface area contributed by atoms with Gasteiger partial charge in [-0.05, 0) is 31.4 Å². The molecule has 1 aliphatic rings. The number of amides is 1. The maximum absolute atomic E-state index is 12.6. The lowest BCUT2D eigenvalue weighted by molar-refractivity contribution is -0.150. The van der Waals surface area contributed by atoms with Gasteiger partial charge in [-0.1, -0.05) is 69.2 Å². The zero-order valence-corrected chi connectivity index (χ0v) is 17.2. The Hall–Kier alpha value is -1.55. The van der Waals surface area contributed by atoms with E-state index in [9.17, 15) is 9.59 Å². The molecule has 5 heteroatoms. The second-order valence-corrected chi connectivity index (χ2v) is 7.74. The maximum Gasteiger partial charge on any atom is 0.309 e. The van der Waals surface area contributed by atoms with Crippen LogP contribution >= 0.6 is 11.6 Å². The van der Waals surface area contributed by atoms with Crippen molar-refractivity contribution < 1.29 is 14.3 Å². The summed E-state index contributed by atoms with van der Waals surface area (Å²) in [5.41, 5.74) is 0.527. The van der Waals surface area contributed by atoms with Crippen LogP contribution in [0.4, 0.5) is 0 Å². The van der Waals surface area contributed by atoms with Gasteiger partial charge in [-0.15, -0.1) is 0 Å². The van der Waals surface area contributed by atoms with E-state index in [0.717, 1.165) is 12.8 Å². The predicted octanol–water partition coefficient (Wildman–Crippen LogP) is 5.49. The van der Waals surface area contributed by atoms with Crippen molar-refractivity contribution in [3.63, 3.8) is 0 Å². The summed E-state index contributed by atoms with van der Waals surface area (Å²) < 4.78 is 5.45. The maximum atomic E-state index is 12.6. The van der Waals surface area contributed by atoms with Crippen LogP contribution in [0.15, 0.2) is 24.3 Å². The van der Waals surface area contributed by atoms with Gasteiger partial charge in [-0.3, -0.25) is 9.59 Å². The largest absolute Gasteiger partial charge is 0.465 e. The number of ether oxygens (including phenoxy) is 1. The molecule has 0 atom stereocenters. The van der Waals surface area contributed by atoms with Crippen molar-refractivity contribution in [3.8, 4) is 0 Å². The summed E-state index contributed by atoms with van der Waals surface area (Å²) >= 11 is 6.11. The number of rotatable bonds is 10. The number of hydrogen-bond donors (Lipinski definition) is 0. The van der Waals surface area contributed by atoms with Crippen LogP contribution in [0.3, 0.4) is 0 Å². The van der Waals surface area contributed by atoms with Crippen molar-refractivity contribution in [2.75, 3.05) is 19.7 Å². The highest BCUT2D eigenvalue weighted by molar-refractivity contribution is 6.33. The molecule has 0 bridgehead atoms. The molecule has 1 aromatic rings. The molecule has 1 fully saturated rings. The van der Waals surface area contributed by atoms with E-state index in [-0.39, 0.29) is 17.8 Å². The third kappa shape index (κ3) is 7.17. The number of benzene rings is 1. The number of carbonyl (C=O) groups excluding carboxylic acids is 2. The van der Waals surface area contributed by atoms with E-state index in [4.69, 9.17) is 16.3 Å². The Bertz CT molecular complexity index is 597. The van der Waals surface area contributed by atoms with Gasteiger partial charge in [0.1, 0.15) is 0 Å². The predicted molar refractivity (Wildman–Crippen MR) is 109 cm³/mol. The number of halogens is 1. The third-order valence-corrected chi connectivity index (χ3v) is 5.54. The van der Waals surface area contributed by atoms with Crippen molar-refractivity contribution in [1.82, 2.24) is 4.90 Å². The van der Waals surface area contributed by atoms with Crippen LogP contribution in [0.5, 0.6) is 0 Å². The van der Waals surface area contributed by atoms with E-state index in [1.54, 1.807) is 17.0 Å². The normalized spacial score (nSPS) is 15.0. The summed E-state index contributed by atoms with van der Waals surface area (Å²) in [6.07, 6.45) is 9.77. The molecule has 1 saturated heterocycles. The minimum absolute atomic E-state index is 0.0597. The molecule has 150 valence electrons. The molecule has 27 heavy (non-hydrogen) atoms. The van der Waals surface area contributed by atoms with Gasteiger partial charge in [0.15, 0.2) is 0 Å². The van der Waals surface area contributed by atoms with E-state index in [0.29, 0.717) is 43.1 Å². The molecule has 0 unspecified atom stereocenters. The smallest absolute Gasteiger partial charge is 0.309 e. The molecule has 4 nitrogen and oxygen atoms in total. The molecule has 1 heterocycles. The summed E-state index contributed by atoms with van der Waals surface area (Å²) in [5, 5.41) is 0.471. The lowest BCUT2D eigenvalue weighted by atomic mass is 9.96. The van der Waals surface area contributed by atoms with E-state index in [2.05, 4.69) is 6.92 Å². The molecular weight excluding hydrogens is 362 g/mol. The molecule has 1 aliphatic heterocycles. The minimum atomic E-state index is -0.106. The first-order valence-corrected chi connectivity index (χ1v) is 10.7. The van der Waals surface area contributed by atoms with Crippen molar-refractivity contribution in [1.29, 1.82) is 0 Å². The summed E-state index contributed by atoms with van der Waals surface area (Å²) in [6.45, 7) is 3.88. The third-order valence-electron chi connectivity index (χ3n) is 5.21. The number of esters is 1. The first kappa shape index (κ1) is 21.7. The number of nitrogens with zero attached hydrogens (tertiary/aromatic N) is 1. The van der Waals surface area contributed by atoms with E-state index in [1.165, 1.54) is 32.1 Å². The number of unbranched alkanes of at least 4 members (excludes halogenated alkanes) is 6. The molecule has 0 radical (unpaired) electrons. The molecule has 1 amide bonds. The Morgan fingerprint density at radius 2 is 1.67 bits per heavy atom. The van der Waals surface area contributed by atoms with Crippen molar-refractivity contribution in [3.05, 3.63) is 34.9 Å². The fraction of sp³-hybridized carbons (Fsp3) is 0.636. The van der Waals surface area contributed by atoms with Crippen LogP contribution < -0.4 is 0 Å². The zero-order valence-electron chi connectivity index (χ0n) is 16.4. The van der Waals surface area contributed by atoms with Crippen LogP contribution in [-0.2, 0) is 9.53 Å². The molecular formula is C22H32ClNO3. The quantitative estimate of drug-likeness (QED) is 0.390. The van der Waals surface area contributed by atoms with Crippen LogP contribution in [0, 0.1) is 5.92 Å². The number of piperidine rings is 1. The molecule has 1 aromatic carbocycles. The Morgan fingerprint density at radius 3 is 2.33 bits per heavy atom. The van der Waals surface area contributed by atoms with Gasteiger partial charge in [0.2, 0.25) is 0 Å². The van der Waals surface area contributed by atoms with E-state index < -0.39 is 0 Å². The molecule has 0 spiro atoms. The Kier molecular flexibility index (Phi) is 9.68. The first-order chi connectivity index (χ1) is 13.1. The Labute approximate surface area is 168 Å². The van der Waals surface area contributed by atoms with Gasteiger partial charge in [0.25, 0.3) is 5.91 Å². The second-order valence-electron chi connectivity index (χ2n) is 7.34. The number of carbonyl (C=O) groups is 2. The Morgan fingerprint density at radius 1 is 1.04 bits per heavy atom. The van der Waals surface area contributed by atoms with Gasteiger partial charge in [0.05, 0.1) is 23.1 Å². The molecule has 2 rings (SSSR count). The van der Waals surface area contributed by atoms with Crippen molar-refractivity contribution in [2.24, 2.45) is 5.92 Å². The minimum Gasteiger partial charge on any atom is -0.465 e. The number of likely N-dealkylation sites (tertiary alicyclic amines) is 1. The van der Waals surface area contributed by atoms with Gasteiger partial charge >= 0.3 is 5.97 Å². The standard InChI is InChI=1S/C22H32ClNO3/c1-2-3-4-5-6-7-10-17-27-22(26)18-13-15-24(16-14-18)21(25)19-11-8-9-12-20(19)23/h8-9,11-12,18H,2-7,10,13-17H2,1H3. The highest BCUT2D eigenvalue weighted by atomic mass is 35.5. The Balaban J connectivity index is 1.63. The van der Waals surface area contributed by atoms with Gasteiger partial charge in [0, 0.05) is 13.1 Å². The summed E-state index contributed by atoms with van der Waals surface area (Å²) in [4.78, 5) is 26.6. The summed E-state index contributed by atoms with van der Waals surface area (Å²) in [5.74, 6) is -0.258. The van der Waals surface area contributed by atoms with Crippen molar-refractivity contribution >= 4 is 23.5 Å². The van der Waals surface area contributed by atoms with Gasteiger partial charge in [-0.25, -0.2) is 0 Å². The lowest BCUT2D eigenvalue weighted by Gasteiger charge is -2.31. The zero-order chi connectivity index (χ0) is 19.5. The first-order valence-electron chi connectivity index (χ1n) is 10.3. The molecule has 0 N–H and O–H groups in total. The van der Waals surface area contributed by atoms with Gasteiger partial charge in [-0.2, -0.15) is 0 Å². The summed E-state index contributed by atoms with van der Waals surface area (Å²) in [6, 6.07) is 7.09.